The van der Waals surface area contributed by atoms with Crippen molar-refractivity contribution in [2.45, 2.75) is 13.5 Å². The number of nitrogens with two attached hydrogens (primary N) is 1. The molecule has 18 heavy (non-hydrogen) atoms. The van der Waals surface area contributed by atoms with E-state index in [0.717, 1.165) is 4.90 Å². The van der Waals surface area contributed by atoms with Crippen LogP contribution in [0.1, 0.15) is 12.7 Å². The summed E-state index contributed by atoms with van der Waals surface area (Å²) in [5.41, 5.74) is 5.26. The minimum absolute atomic E-state index is 0.0162. The zero-order valence-electron chi connectivity index (χ0n) is 10.0. The van der Waals surface area contributed by atoms with E-state index in [4.69, 9.17) is 10.2 Å². The number of carbonyl (C=O) groups is 3. The molecular weight excluding hydrogens is 238 g/mol. The number of hydrogen-bond donors (Lipinski definition) is 2. The lowest BCUT2D eigenvalue weighted by Crippen LogP contribution is -2.46. The summed E-state index contributed by atoms with van der Waals surface area (Å²) in [5, 5.41) is 2.36. The third-order valence-corrected chi connectivity index (χ3v) is 2.18. The van der Waals surface area contributed by atoms with Crippen molar-refractivity contribution in [3.63, 3.8) is 0 Å². The maximum absolute atomic E-state index is 11.6. The third kappa shape index (κ3) is 3.70. The molecule has 1 aromatic rings. The molecule has 3 N–H and O–H groups in total. The van der Waals surface area contributed by atoms with Gasteiger partial charge in [0, 0.05) is 20.0 Å². The Kier molecular flexibility index (Phi) is 5.06. The van der Waals surface area contributed by atoms with E-state index in [1.807, 2.05) is 0 Å². The molecule has 0 radical (unpaired) electrons. The summed E-state index contributed by atoms with van der Waals surface area (Å²) < 4.78 is 4.99. The molecule has 0 unspecified atom stereocenters. The molecule has 0 aliphatic heterocycles. The molecule has 0 bridgehead atoms. The van der Waals surface area contributed by atoms with Crippen LogP contribution in [0.15, 0.2) is 22.8 Å². The fourth-order valence-electron chi connectivity index (χ4n) is 1.31. The van der Waals surface area contributed by atoms with Crippen LogP contribution >= 0.6 is 0 Å². The number of nitrogens with zero attached hydrogens (tertiary/aromatic N) is 1. The second-order valence-electron chi connectivity index (χ2n) is 3.53. The number of imide groups is 1. The minimum atomic E-state index is -0.917. The molecule has 0 spiro atoms. The van der Waals surface area contributed by atoms with E-state index >= 15 is 0 Å². The third-order valence-electron chi connectivity index (χ3n) is 2.18. The van der Waals surface area contributed by atoms with Crippen LogP contribution in [0.4, 0.5) is 0 Å². The van der Waals surface area contributed by atoms with E-state index in [0.29, 0.717) is 5.76 Å². The van der Waals surface area contributed by atoms with E-state index in [-0.39, 0.29) is 19.6 Å². The standard InChI is InChI=1S/C11H15N3O4/c1-8(15)14(5-4-12)11(17)10(16)13-7-9-3-2-6-18-9/h2-3,6H,4-5,7,12H2,1H3,(H,13,16). The lowest BCUT2D eigenvalue weighted by molar-refractivity contribution is -0.151. The fourth-order valence-corrected chi connectivity index (χ4v) is 1.31. The molecule has 0 aliphatic carbocycles. The Bertz CT molecular complexity index is 428. The number of amides is 3. The Balaban J connectivity index is 2.54. The van der Waals surface area contributed by atoms with Gasteiger partial charge in [-0.2, -0.15) is 0 Å². The van der Waals surface area contributed by atoms with Gasteiger partial charge in [-0.1, -0.05) is 0 Å². The van der Waals surface area contributed by atoms with E-state index in [1.165, 1.54) is 13.2 Å². The normalized spacial score (nSPS) is 9.89. The number of rotatable bonds is 4. The molecule has 0 saturated carbocycles. The monoisotopic (exact) mass is 253 g/mol. The van der Waals surface area contributed by atoms with Crippen molar-refractivity contribution < 1.29 is 18.8 Å². The quantitative estimate of drug-likeness (QED) is 0.685. The van der Waals surface area contributed by atoms with Gasteiger partial charge in [-0.15, -0.1) is 0 Å². The number of furan rings is 1. The van der Waals surface area contributed by atoms with Crippen LogP contribution in [0.2, 0.25) is 0 Å². The first-order chi connectivity index (χ1) is 8.56. The first-order valence-electron chi connectivity index (χ1n) is 5.39. The van der Waals surface area contributed by atoms with Crippen LogP contribution in [0.5, 0.6) is 0 Å². The molecule has 98 valence electrons. The SMILES string of the molecule is CC(=O)N(CCN)C(=O)C(=O)NCc1ccco1. The topological polar surface area (TPSA) is 106 Å². The Hall–Kier alpha value is -2.15. The van der Waals surface area contributed by atoms with Crippen LogP contribution in [-0.4, -0.2) is 35.7 Å². The predicted molar refractivity (Wildman–Crippen MR) is 62.0 cm³/mol. The highest BCUT2D eigenvalue weighted by Gasteiger charge is 2.24. The number of nitrogens with one attached hydrogen (secondary N) is 1. The van der Waals surface area contributed by atoms with Crippen molar-refractivity contribution in [1.29, 1.82) is 0 Å². The molecule has 1 heterocycles. The van der Waals surface area contributed by atoms with Crippen molar-refractivity contribution in [2.24, 2.45) is 5.73 Å². The molecule has 0 atom stereocenters. The lowest BCUT2D eigenvalue weighted by atomic mass is 10.4. The first-order valence-corrected chi connectivity index (χ1v) is 5.39. The van der Waals surface area contributed by atoms with Crippen molar-refractivity contribution >= 4 is 17.7 Å². The van der Waals surface area contributed by atoms with Crippen molar-refractivity contribution in [3.05, 3.63) is 24.2 Å². The summed E-state index contributed by atoms with van der Waals surface area (Å²) in [6.07, 6.45) is 1.46. The Morgan fingerprint density at radius 2 is 2.17 bits per heavy atom. The molecular formula is C11H15N3O4. The molecule has 0 aromatic carbocycles. The van der Waals surface area contributed by atoms with Crippen LogP contribution in [0.25, 0.3) is 0 Å². The summed E-state index contributed by atoms with van der Waals surface area (Å²) in [6.45, 7) is 1.42. The first kappa shape index (κ1) is 13.9. The van der Waals surface area contributed by atoms with Gasteiger partial charge in [-0.05, 0) is 12.1 Å². The largest absolute Gasteiger partial charge is 0.467 e. The fraction of sp³-hybridized carbons (Fsp3) is 0.364. The Morgan fingerprint density at radius 1 is 1.44 bits per heavy atom. The van der Waals surface area contributed by atoms with E-state index < -0.39 is 17.7 Å². The maximum Gasteiger partial charge on any atom is 0.318 e. The highest BCUT2D eigenvalue weighted by Crippen LogP contribution is 1.99. The van der Waals surface area contributed by atoms with E-state index in [9.17, 15) is 14.4 Å². The van der Waals surface area contributed by atoms with E-state index in [2.05, 4.69) is 5.32 Å². The second kappa shape index (κ2) is 6.55. The number of hydrogen-bond acceptors (Lipinski definition) is 5. The van der Waals surface area contributed by atoms with Gasteiger partial charge < -0.3 is 15.5 Å². The number of carbonyl (C=O) groups excluding carboxylic acids is 3. The lowest BCUT2D eigenvalue weighted by Gasteiger charge is -2.17. The summed E-state index contributed by atoms with van der Waals surface area (Å²) in [6, 6.07) is 3.33. The van der Waals surface area contributed by atoms with Gasteiger partial charge in [0.1, 0.15) is 5.76 Å². The second-order valence-corrected chi connectivity index (χ2v) is 3.53. The van der Waals surface area contributed by atoms with Gasteiger partial charge in [0.15, 0.2) is 0 Å². The maximum atomic E-state index is 11.6. The van der Waals surface area contributed by atoms with Crippen LogP contribution in [0.3, 0.4) is 0 Å². The van der Waals surface area contributed by atoms with Crippen LogP contribution in [-0.2, 0) is 20.9 Å². The smallest absolute Gasteiger partial charge is 0.318 e. The van der Waals surface area contributed by atoms with Crippen LogP contribution in [0, 0.1) is 0 Å². The van der Waals surface area contributed by atoms with Crippen LogP contribution < -0.4 is 11.1 Å². The van der Waals surface area contributed by atoms with Gasteiger partial charge in [-0.25, -0.2) is 0 Å². The summed E-state index contributed by atoms with van der Waals surface area (Å²) >= 11 is 0. The zero-order chi connectivity index (χ0) is 13.5. The van der Waals surface area contributed by atoms with Gasteiger partial charge in [0.05, 0.1) is 12.8 Å². The van der Waals surface area contributed by atoms with Gasteiger partial charge in [0.25, 0.3) is 0 Å². The van der Waals surface area contributed by atoms with Gasteiger partial charge in [0.2, 0.25) is 5.91 Å². The Morgan fingerprint density at radius 3 is 2.67 bits per heavy atom. The average molecular weight is 253 g/mol. The molecule has 3 amide bonds. The molecule has 7 nitrogen and oxygen atoms in total. The Labute approximate surface area is 104 Å². The highest BCUT2D eigenvalue weighted by atomic mass is 16.3. The van der Waals surface area contributed by atoms with Crippen molar-refractivity contribution in [1.82, 2.24) is 10.2 Å². The molecule has 1 rings (SSSR count). The van der Waals surface area contributed by atoms with Crippen molar-refractivity contribution in [3.8, 4) is 0 Å². The molecule has 0 aliphatic rings. The molecule has 0 fully saturated rings. The summed E-state index contributed by atoms with van der Waals surface area (Å²) in [7, 11) is 0. The minimum Gasteiger partial charge on any atom is -0.467 e. The average Bonchev–Trinajstić information content (AvgIpc) is 2.84. The molecule has 1 aromatic heterocycles. The zero-order valence-corrected chi connectivity index (χ0v) is 10.0. The molecule has 0 saturated heterocycles. The highest BCUT2D eigenvalue weighted by molar-refractivity contribution is 6.37. The molecule has 7 heteroatoms. The summed E-state index contributed by atoms with van der Waals surface area (Å²) in [5.74, 6) is -1.78. The van der Waals surface area contributed by atoms with E-state index in [1.54, 1.807) is 12.1 Å². The predicted octanol–water partition coefficient (Wildman–Crippen LogP) is -0.770. The summed E-state index contributed by atoms with van der Waals surface area (Å²) in [4.78, 5) is 35.1. The van der Waals surface area contributed by atoms with Gasteiger partial charge >= 0.3 is 11.8 Å². The van der Waals surface area contributed by atoms with Crippen molar-refractivity contribution in [2.75, 3.05) is 13.1 Å². The van der Waals surface area contributed by atoms with Gasteiger partial charge in [-0.3, -0.25) is 19.3 Å².